The molecule has 14 heavy (non-hydrogen) atoms. The van der Waals surface area contributed by atoms with E-state index >= 15 is 0 Å². The van der Waals surface area contributed by atoms with Gasteiger partial charge >= 0.3 is 0 Å². The van der Waals surface area contributed by atoms with Gasteiger partial charge in [-0.05, 0) is 37.1 Å². The molecule has 0 aromatic heterocycles. The molecule has 2 unspecified atom stereocenters. The highest BCUT2D eigenvalue weighted by Crippen LogP contribution is 2.25. The molecule has 0 aliphatic carbocycles. The number of aryl methyl sites for hydroxylation is 1. The summed E-state index contributed by atoms with van der Waals surface area (Å²) in [6, 6.07) is 2.30. The second-order valence-corrected chi connectivity index (χ2v) is 3.83. The summed E-state index contributed by atoms with van der Waals surface area (Å²) < 4.78 is 13.0. The van der Waals surface area contributed by atoms with E-state index in [4.69, 9.17) is 17.3 Å². The molecule has 0 spiro atoms. The summed E-state index contributed by atoms with van der Waals surface area (Å²) in [6.07, 6.45) is -0.812. The van der Waals surface area contributed by atoms with Crippen LogP contribution >= 0.6 is 11.6 Å². The molecular weight excluding hydrogens is 205 g/mol. The molecule has 1 aromatic rings. The topological polar surface area (TPSA) is 46.2 Å². The Labute approximate surface area is 87.5 Å². The lowest BCUT2D eigenvalue weighted by molar-refractivity contribution is 0.152. The number of rotatable bonds is 2. The van der Waals surface area contributed by atoms with Gasteiger partial charge in [-0.15, -0.1) is 0 Å². The van der Waals surface area contributed by atoms with Gasteiger partial charge in [0.05, 0.1) is 11.1 Å². The summed E-state index contributed by atoms with van der Waals surface area (Å²) >= 11 is 5.61. The first-order valence-electron chi connectivity index (χ1n) is 4.32. The van der Waals surface area contributed by atoms with E-state index < -0.39 is 18.0 Å². The van der Waals surface area contributed by atoms with E-state index in [1.807, 2.05) is 0 Å². The highest BCUT2D eigenvalue weighted by Gasteiger charge is 2.16. The average molecular weight is 218 g/mol. The molecule has 4 heteroatoms. The molecule has 0 fully saturated rings. The monoisotopic (exact) mass is 217 g/mol. The third-order valence-corrected chi connectivity index (χ3v) is 2.42. The molecule has 3 N–H and O–H groups in total. The lowest BCUT2D eigenvalue weighted by Gasteiger charge is -2.17. The smallest absolute Gasteiger partial charge is 0.142 e. The Kier molecular flexibility index (Phi) is 3.48. The van der Waals surface area contributed by atoms with Crippen LogP contribution in [0.4, 0.5) is 4.39 Å². The van der Waals surface area contributed by atoms with Crippen LogP contribution in [0.2, 0.25) is 5.02 Å². The maximum atomic E-state index is 13.0. The van der Waals surface area contributed by atoms with Crippen LogP contribution in [0.15, 0.2) is 12.1 Å². The highest BCUT2D eigenvalue weighted by molar-refractivity contribution is 6.30. The Bertz CT molecular complexity index is 341. The first kappa shape index (κ1) is 11.4. The Morgan fingerprint density at radius 1 is 1.50 bits per heavy atom. The van der Waals surface area contributed by atoms with Crippen LogP contribution in [-0.4, -0.2) is 11.1 Å². The van der Waals surface area contributed by atoms with E-state index in [1.165, 1.54) is 12.1 Å². The van der Waals surface area contributed by atoms with Crippen molar-refractivity contribution in [1.82, 2.24) is 0 Å². The van der Waals surface area contributed by atoms with Crippen molar-refractivity contribution in [2.75, 3.05) is 0 Å². The molecule has 0 radical (unpaired) electrons. The SMILES string of the molecule is Cc1cc(F)c(Cl)cc1C(O)C(C)N. The summed E-state index contributed by atoms with van der Waals surface area (Å²) in [7, 11) is 0. The van der Waals surface area contributed by atoms with Gasteiger partial charge in [-0.1, -0.05) is 11.6 Å². The predicted octanol–water partition coefficient (Wildman–Crippen LogP) is 2.17. The van der Waals surface area contributed by atoms with Gasteiger partial charge in [0.25, 0.3) is 0 Å². The van der Waals surface area contributed by atoms with Crippen LogP contribution in [0, 0.1) is 12.7 Å². The highest BCUT2D eigenvalue weighted by atomic mass is 35.5. The van der Waals surface area contributed by atoms with E-state index in [1.54, 1.807) is 13.8 Å². The van der Waals surface area contributed by atoms with Crippen LogP contribution in [0.3, 0.4) is 0 Å². The Hall–Kier alpha value is -0.640. The Morgan fingerprint density at radius 3 is 2.57 bits per heavy atom. The molecule has 0 saturated heterocycles. The standard InChI is InChI=1S/C10H13ClFNO/c1-5-3-9(12)8(11)4-7(5)10(14)6(2)13/h3-4,6,10,14H,13H2,1-2H3. The van der Waals surface area contributed by atoms with Crippen molar-refractivity contribution in [2.24, 2.45) is 5.73 Å². The first-order chi connectivity index (χ1) is 6.43. The third kappa shape index (κ3) is 2.23. The zero-order valence-electron chi connectivity index (χ0n) is 8.09. The van der Waals surface area contributed by atoms with Crippen molar-refractivity contribution in [2.45, 2.75) is 26.0 Å². The van der Waals surface area contributed by atoms with Gasteiger partial charge in [0.15, 0.2) is 0 Å². The van der Waals surface area contributed by atoms with Crippen LogP contribution in [-0.2, 0) is 0 Å². The number of halogens is 2. The molecule has 0 aliphatic heterocycles. The van der Waals surface area contributed by atoms with Crippen molar-refractivity contribution in [1.29, 1.82) is 0 Å². The second-order valence-electron chi connectivity index (χ2n) is 3.43. The minimum absolute atomic E-state index is 0.00491. The molecule has 0 saturated carbocycles. The molecule has 2 atom stereocenters. The minimum atomic E-state index is -0.812. The molecule has 78 valence electrons. The molecule has 0 bridgehead atoms. The molecule has 0 heterocycles. The molecule has 2 nitrogen and oxygen atoms in total. The second kappa shape index (κ2) is 4.26. The van der Waals surface area contributed by atoms with Gasteiger partial charge in [0, 0.05) is 6.04 Å². The average Bonchev–Trinajstić information content (AvgIpc) is 2.10. The van der Waals surface area contributed by atoms with Gasteiger partial charge in [-0.25, -0.2) is 4.39 Å². The number of aliphatic hydroxyl groups excluding tert-OH is 1. The van der Waals surface area contributed by atoms with Crippen molar-refractivity contribution >= 4 is 11.6 Å². The van der Waals surface area contributed by atoms with Gasteiger partial charge in [0.1, 0.15) is 5.82 Å². The normalized spacial score (nSPS) is 15.3. The van der Waals surface area contributed by atoms with E-state index in [9.17, 15) is 9.50 Å². The third-order valence-electron chi connectivity index (χ3n) is 2.13. The summed E-state index contributed by atoms with van der Waals surface area (Å²) in [5.74, 6) is -0.482. The fourth-order valence-corrected chi connectivity index (χ4v) is 1.44. The van der Waals surface area contributed by atoms with Gasteiger partial charge in [-0.3, -0.25) is 0 Å². The van der Waals surface area contributed by atoms with Crippen LogP contribution in [0.25, 0.3) is 0 Å². The van der Waals surface area contributed by atoms with Crippen molar-refractivity contribution in [3.63, 3.8) is 0 Å². The van der Waals surface area contributed by atoms with Gasteiger partial charge in [-0.2, -0.15) is 0 Å². The maximum absolute atomic E-state index is 13.0. The summed E-state index contributed by atoms with van der Waals surface area (Å²) in [4.78, 5) is 0. The molecule has 1 rings (SSSR count). The van der Waals surface area contributed by atoms with Gasteiger partial charge < -0.3 is 10.8 Å². The summed E-state index contributed by atoms with van der Waals surface area (Å²) in [5.41, 5.74) is 6.76. The van der Waals surface area contributed by atoms with Crippen LogP contribution < -0.4 is 5.73 Å². The largest absolute Gasteiger partial charge is 0.387 e. The van der Waals surface area contributed by atoms with Crippen molar-refractivity contribution in [3.8, 4) is 0 Å². The van der Waals surface area contributed by atoms with Crippen LogP contribution in [0.5, 0.6) is 0 Å². The first-order valence-corrected chi connectivity index (χ1v) is 4.70. The van der Waals surface area contributed by atoms with E-state index in [2.05, 4.69) is 0 Å². The Morgan fingerprint density at radius 2 is 2.07 bits per heavy atom. The van der Waals surface area contributed by atoms with E-state index in [0.29, 0.717) is 11.1 Å². The van der Waals surface area contributed by atoms with Crippen molar-refractivity contribution < 1.29 is 9.50 Å². The number of nitrogens with two attached hydrogens (primary N) is 1. The minimum Gasteiger partial charge on any atom is -0.387 e. The number of hydrogen-bond acceptors (Lipinski definition) is 2. The van der Waals surface area contributed by atoms with Crippen LogP contribution in [0.1, 0.15) is 24.2 Å². The van der Waals surface area contributed by atoms with E-state index in [0.717, 1.165) is 0 Å². The summed E-state index contributed by atoms with van der Waals surface area (Å²) in [5, 5.41) is 9.69. The Balaban J connectivity index is 3.15. The quantitative estimate of drug-likeness (QED) is 0.798. The molecule has 1 aromatic carbocycles. The molecule has 0 amide bonds. The molecular formula is C10H13ClFNO. The molecule has 0 aliphatic rings. The fourth-order valence-electron chi connectivity index (χ4n) is 1.26. The number of benzene rings is 1. The van der Waals surface area contributed by atoms with E-state index in [-0.39, 0.29) is 5.02 Å². The maximum Gasteiger partial charge on any atom is 0.142 e. The van der Waals surface area contributed by atoms with Crippen molar-refractivity contribution in [3.05, 3.63) is 34.1 Å². The van der Waals surface area contributed by atoms with Gasteiger partial charge in [0.2, 0.25) is 0 Å². The zero-order valence-corrected chi connectivity index (χ0v) is 8.85. The summed E-state index contributed by atoms with van der Waals surface area (Å²) in [6.45, 7) is 3.39. The number of hydrogen-bond donors (Lipinski definition) is 2. The predicted molar refractivity (Wildman–Crippen MR) is 54.8 cm³/mol. The number of aliphatic hydroxyl groups is 1. The fraction of sp³-hybridized carbons (Fsp3) is 0.400. The zero-order chi connectivity index (χ0) is 10.9. The lowest BCUT2D eigenvalue weighted by atomic mass is 9.99. The lowest BCUT2D eigenvalue weighted by Crippen LogP contribution is -2.25.